The quantitative estimate of drug-likeness (QED) is 0.179. The third-order valence-electron chi connectivity index (χ3n) is 16.5. The molecule has 0 amide bonds. The number of ether oxygens (including phenoxy) is 3. The predicted octanol–water partition coefficient (Wildman–Crippen LogP) is 0.890. The lowest BCUT2D eigenvalue weighted by molar-refractivity contribution is -0.281. The fraction of sp³-hybridized carbons (Fsp3) is 0.763. The summed E-state index contributed by atoms with van der Waals surface area (Å²) in [5, 5.41) is 63.1. The van der Waals surface area contributed by atoms with E-state index in [1.165, 1.54) is 19.9 Å². The molecule has 0 radical (unpaired) electrons. The van der Waals surface area contributed by atoms with Crippen molar-refractivity contribution in [1.82, 2.24) is 4.72 Å². The first kappa shape index (κ1) is 37.6. The number of rotatable bonds is 5. The Bertz CT molecular complexity index is 1980. The van der Waals surface area contributed by atoms with Crippen molar-refractivity contribution < 1.29 is 62.5 Å². The Morgan fingerprint density at radius 3 is 2.26 bits per heavy atom. The van der Waals surface area contributed by atoms with Crippen LogP contribution in [0.2, 0.25) is 0 Å². The van der Waals surface area contributed by atoms with Crippen molar-refractivity contribution in [2.75, 3.05) is 0 Å². The minimum atomic E-state index is -4.35. The number of esters is 2. The maximum atomic E-state index is 14.7. The van der Waals surface area contributed by atoms with E-state index in [0.717, 1.165) is 6.92 Å². The van der Waals surface area contributed by atoms with E-state index in [1.54, 1.807) is 39.0 Å². The smallest absolute Gasteiger partial charge is 0.341 e. The van der Waals surface area contributed by atoms with Gasteiger partial charge in [-0.05, 0) is 97.2 Å². The van der Waals surface area contributed by atoms with Crippen molar-refractivity contribution in [3.8, 4) is 0 Å². The number of carbonyl (C=O) groups excluding carboxylic acids is 3. The van der Waals surface area contributed by atoms with Crippen molar-refractivity contribution in [3.63, 3.8) is 0 Å². The maximum Gasteiger partial charge on any atom is 0.341 e. The minimum Gasteiger partial charge on any atom is -0.459 e. The predicted molar refractivity (Wildman–Crippen MR) is 188 cm³/mol. The molecule has 296 valence electrons. The van der Waals surface area contributed by atoms with Crippen LogP contribution in [0.15, 0.2) is 33.6 Å². The van der Waals surface area contributed by atoms with Gasteiger partial charge >= 0.3 is 11.9 Å². The van der Waals surface area contributed by atoms with Gasteiger partial charge < -0.3 is 39.7 Å². The molecule has 2 aliphatic heterocycles. The molecule has 2 unspecified atom stereocenters. The summed E-state index contributed by atoms with van der Waals surface area (Å²) < 4.78 is 49.5. The van der Waals surface area contributed by atoms with Gasteiger partial charge in [0.25, 0.3) is 0 Å². The molecule has 21 atom stereocenters. The zero-order valence-electron chi connectivity index (χ0n) is 30.7. The molecule has 6 aliphatic carbocycles. The van der Waals surface area contributed by atoms with E-state index in [2.05, 4.69) is 20.7 Å². The van der Waals surface area contributed by atoms with Gasteiger partial charge in [0.1, 0.15) is 24.1 Å². The van der Waals surface area contributed by atoms with Crippen LogP contribution in [0.4, 0.5) is 0 Å². The molecule has 2 saturated heterocycles. The zero-order valence-corrected chi connectivity index (χ0v) is 33.2. The Hall–Kier alpha value is -2.02. The van der Waals surface area contributed by atoms with E-state index < -0.39 is 139 Å². The van der Waals surface area contributed by atoms with Crippen molar-refractivity contribution in [2.45, 2.75) is 113 Å². The third-order valence-corrected chi connectivity index (χ3v) is 19.0. The van der Waals surface area contributed by atoms with Gasteiger partial charge in [-0.3, -0.25) is 9.59 Å². The molecule has 1 spiro atoms. The summed E-state index contributed by atoms with van der Waals surface area (Å²) in [7, 11) is -4.35. The summed E-state index contributed by atoms with van der Waals surface area (Å²) in [5.74, 6) is -11.3. The molecule has 16 heteroatoms. The van der Waals surface area contributed by atoms with Gasteiger partial charge in [-0.2, -0.15) is 0 Å². The van der Waals surface area contributed by atoms with Crippen LogP contribution in [0.1, 0.15) is 54.4 Å². The van der Waals surface area contributed by atoms with Crippen LogP contribution >= 0.6 is 15.9 Å². The van der Waals surface area contributed by atoms with Gasteiger partial charge in [-0.1, -0.05) is 26.0 Å². The van der Waals surface area contributed by atoms with Gasteiger partial charge in [-0.15, -0.1) is 0 Å². The molecule has 0 aromatic heterocycles. The van der Waals surface area contributed by atoms with E-state index in [4.69, 9.17) is 14.2 Å². The number of aliphatic hydroxyl groups is 5. The Labute approximate surface area is 321 Å². The van der Waals surface area contributed by atoms with E-state index >= 15 is 0 Å². The Morgan fingerprint density at radius 2 is 1.63 bits per heavy atom. The second kappa shape index (κ2) is 11.1. The van der Waals surface area contributed by atoms with Gasteiger partial charge in [-0.25, -0.2) is 17.9 Å². The number of halogens is 1. The first-order valence-electron chi connectivity index (χ1n) is 18.9. The first-order valence-corrected chi connectivity index (χ1v) is 21.2. The topological polar surface area (TPSA) is 230 Å². The molecule has 2 heterocycles. The number of ketones is 1. The number of Topliss-reactive ketones (excluding diaryl/α,β-unsaturated/α-hetero) is 1. The van der Waals surface area contributed by atoms with Crippen LogP contribution in [0, 0.1) is 69.5 Å². The van der Waals surface area contributed by atoms with Crippen molar-refractivity contribution in [1.29, 1.82) is 0 Å². The van der Waals surface area contributed by atoms with Crippen LogP contribution in [-0.4, -0.2) is 106 Å². The highest BCUT2D eigenvalue weighted by atomic mass is 79.9. The van der Waals surface area contributed by atoms with Crippen molar-refractivity contribution in [3.05, 3.63) is 28.7 Å². The van der Waals surface area contributed by atoms with Crippen LogP contribution in [0.5, 0.6) is 0 Å². The maximum absolute atomic E-state index is 14.7. The summed E-state index contributed by atoms with van der Waals surface area (Å²) in [6.45, 7) is 8.83. The van der Waals surface area contributed by atoms with Crippen molar-refractivity contribution in [2.24, 2.45) is 69.5 Å². The van der Waals surface area contributed by atoms with Gasteiger partial charge in [0.05, 0.1) is 40.1 Å². The second-order valence-electron chi connectivity index (χ2n) is 18.3. The summed E-state index contributed by atoms with van der Waals surface area (Å²) in [5.41, 5.74) is -7.17. The number of carbonyl (C=O) groups is 3. The average Bonchev–Trinajstić information content (AvgIpc) is 3.99. The average molecular weight is 839 g/mol. The van der Waals surface area contributed by atoms with E-state index in [1.807, 2.05) is 0 Å². The Morgan fingerprint density at radius 1 is 0.963 bits per heavy atom. The number of nitrogens with one attached hydrogen (secondary N) is 1. The lowest BCUT2D eigenvalue weighted by Crippen LogP contribution is -2.77. The van der Waals surface area contributed by atoms with E-state index in [-0.39, 0.29) is 21.2 Å². The SMILES string of the molecule is CC(=O)O[C@H]1[C@H]2[C@@H]([C@@H](O)[C@@H](NS(=O)(=O)c3ccccc3Br)C3CC4C[C@@H]4[C@H](O)[C@@]32C)[C@@H]2[C@@H](O)[C@@H]3[C@H]([C@H](C)[C@H]4O[C@]45OC(=O)[C@@](C)(O)[C@]35C)[C@@]2(C(C)=O)[C@H]1O. The molecule has 14 nitrogen and oxygen atoms in total. The zero-order chi connectivity index (χ0) is 39.2. The fourth-order valence-electron chi connectivity index (χ4n) is 14.2. The van der Waals surface area contributed by atoms with Crippen LogP contribution < -0.4 is 4.72 Å². The summed E-state index contributed by atoms with van der Waals surface area (Å²) >= 11 is 3.33. The largest absolute Gasteiger partial charge is 0.459 e. The molecule has 6 saturated carbocycles. The number of sulfonamides is 1. The lowest BCUT2D eigenvalue weighted by Gasteiger charge is -2.67. The van der Waals surface area contributed by atoms with Gasteiger partial charge in [0.15, 0.2) is 5.60 Å². The molecule has 1 aromatic rings. The number of hydrogen-bond acceptors (Lipinski definition) is 13. The van der Waals surface area contributed by atoms with E-state index in [9.17, 15) is 48.3 Å². The Balaban J connectivity index is 1.28. The second-order valence-corrected chi connectivity index (χ2v) is 20.8. The molecule has 9 rings (SSSR count). The van der Waals surface area contributed by atoms with Gasteiger partial charge in [0.2, 0.25) is 15.8 Å². The number of hydrogen-bond donors (Lipinski definition) is 6. The van der Waals surface area contributed by atoms with Gasteiger partial charge in [0, 0.05) is 34.6 Å². The van der Waals surface area contributed by atoms with Crippen LogP contribution in [0.25, 0.3) is 0 Å². The molecule has 8 aliphatic rings. The summed E-state index contributed by atoms with van der Waals surface area (Å²) in [6.07, 6.45) is -7.36. The van der Waals surface area contributed by atoms with Crippen LogP contribution in [-0.2, 0) is 38.6 Å². The molecular formula is C38H48BrNO13S. The molecular weight excluding hydrogens is 790 g/mol. The summed E-state index contributed by atoms with van der Waals surface area (Å²) in [4.78, 5) is 41.0. The molecule has 54 heavy (non-hydrogen) atoms. The monoisotopic (exact) mass is 837 g/mol. The normalized spacial score (nSPS) is 56.1. The van der Waals surface area contributed by atoms with E-state index in [0.29, 0.717) is 12.8 Å². The number of aliphatic hydroxyl groups excluding tert-OH is 4. The molecule has 6 N–H and O–H groups in total. The number of fused-ring (bicyclic) bond motifs is 9. The minimum absolute atomic E-state index is 0.0417. The molecule has 1 aromatic carbocycles. The lowest BCUT2D eigenvalue weighted by atomic mass is 9.39. The molecule has 0 bridgehead atoms. The molecule has 8 fully saturated rings. The Kier molecular flexibility index (Phi) is 7.74. The highest BCUT2D eigenvalue weighted by molar-refractivity contribution is 9.10. The highest BCUT2D eigenvalue weighted by Gasteiger charge is 2.93. The fourth-order valence-corrected chi connectivity index (χ4v) is 16.5. The van der Waals surface area contributed by atoms with Crippen LogP contribution in [0.3, 0.4) is 0 Å². The third kappa shape index (κ3) is 4.05. The summed E-state index contributed by atoms with van der Waals surface area (Å²) in [6, 6.07) is 4.96. The number of epoxide rings is 1. The number of benzene rings is 1. The van der Waals surface area contributed by atoms with Crippen molar-refractivity contribution >= 4 is 43.7 Å². The highest BCUT2D eigenvalue weighted by Crippen LogP contribution is 2.81. The standard InChI is InChI=1S/C38H48BrNO13S/c1-13-22-25(35(5)36(6,48)33(47)53-38(35)32(13)52-38)28(44)23-21-24(29(51-15(3)42)31(46)37(22,23)14(2)41)34(4)18(12-16-11-17(16)30(34)45)26(27(21)43)40-54(49,50)20-10-8-7-9-19(20)39/h7-10,13,16-18,21-32,40,43-46,48H,11-12H2,1-6H3/t13-,16?,17-,18?,21-,22-,23+,24+,25-,26-,27+,28+,29-,30-,31-,32+,34-,35-,36+,37+,38-/m0/s1. The first-order chi connectivity index (χ1) is 25.1.